The van der Waals surface area contributed by atoms with E-state index in [1.807, 2.05) is 25.2 Å². The summed E-state index contributed by atoms with van der Waals surface area (Å²) in [6.45, 7) is 16.3. The SMILES string of the molecule is C=C/C=C\[C@@H](OC)C(C)COC(/C=C1\C[C@H](C)CC/C(CC)=C\C(C)[C@@H](O)O1)=C(/C=C)OC. The van der Waals surface area contributed by atoms with Crippen molar-refractivity contribution in [1.82, 2.24) is 0 Å². The maximum Gasteiger partial charge on any atom is 0.202 e. The average molecular weight is 461 g/mol. The molecule has 33 heavy (non-hydrogen) atoms. The zero-order chi connectivity index (χ0) is 24.8. The lowest BCUT2D eigenvalue weighted by Crippen LogP contribution is -2.23. The van der Waals surface area contributed by atoms with Crippen LogP contribution in [0.5, 0.6) is 0 Å². The van der Waals surface area contributed by atoms with Gasteiger partial charge in [-0.05, 0) is 31.3 Å². The highest BCUT2D eigenvalue weighted by molar-refractivity contribution is 5.25. The smallest absolute Gasteiger partial charge is 0.202 e. The van der Waals surface area contributed by atoms with Crippen LogP contribution in [-0.2, 0) is 18.9 Å². The van der Waals surface area contributed by atoms with Crippen molar-refractivity contribution in [3.05, 3.63) is 72.5 Å². The van der Waals surface area contributed by atoms with Gasteiger partial charge < -0.3 is 24.1 Å². The van der Waals surface area contributed by atoms with Crippen molar-refractivity contribution in [3.8, 4) is 0 Å². The summed E-state index contributed by atoms with van der Waals surface area (Å²) >= 11 is 0. The van der Waals surface area contributed by atoms with E-state index in [1.165, 1.54) is 5.57 Å². The predicted molar refractivity (Wildman–Crippen MR) is 135 cm³/mol. The quantitative estimate of drug-likeness (QED) is 0.218. The highest BCUT2D eigenvalue weighted by atomic mass is 16.6. The first kappa shape index (κ1) is 28.8. The van der Waals surface area contributed by atoms with Crippen molar-refractivity contribution in [1.29, 1.82) is 0 Å². The summed E-state index contributed by atoms with van der Waals surface area (Å²) in [7, 11) is 3.26. The molecular weight excluding hydrogens is 416 g/mol. The van der Waals surface area contributed by atoms with Gasteiger partial charge in [0.1, 0.15) is 5.76 Å². The van der Waals surface area contributed by atoms with Crippen LogP contribution in [0.3, 0.4) is 0 Å². The Kier molecular flexibility index (Phi) is 13.6. The fourth-order valence-electron chi connectivity index (χ4n) is 3.73. The number of aliphatic hydroxyl groups is 1. The van der Waals surface area contributed by atoms with E-state index in [1.54, 1.807) is 26.4 Å². The summed E-state index contributed by atoms with van der Waals surface area (Å²) in [5, 5.41) is 10.7. The molecule has 0 radical (unpaired) electrons. The maximum absolute atomic E-state index is 10.7. The molecule has 0 aliphatic carbocycles. The van der Waals surface area contributed by atoms with Crippen LogP contribution >= 0.6 is 0 Å². The van der Waals surface area contributed by atoms with Gasteiger partial charge in [-0.3, -0.25) is 0 Å². The second kappa shape index (κ2) is 15.6. The summed E-state index contributed by atoms with van der Waals surface area (Å²) in [5.41, 5.74) is 1.37. The third-order valence-electron chi connectivity index (χ3n) is 5.89. The molecule has 0 saturated heterocycles. The minimum absolute atomic E-state index is 0.0784. The number of rotatable bonds is 11. The van der Waals surface area contributed by atoms with Crippen molar-refractivity contribution in [2.75, 3.05) is 20.8 Å². The van der Waals surface area contributed by atoms with Crippen LogP contribution in [0.15, 0.2) is 72.5 Å². The van der Waals surface area contributed by atoms with Crippen LogP contribution in [0, 0.1) is 17.8 Å². The van der Waals surface area contributed by atoms with Crippen LogP contribution in [0.4, 0.5) is 0 Å². The van der Waals surface area contributed by atoms with Gasteiger partial charge in [-0.15, -0.1) is 0 Å². The zero-order valence-electron chi connectivity index (χ0n) is 21.4. The molecule has 0 spiro atoms. The average Bonchev–Trinajstić information content (AvgIpc) is 2.80. The molecule has 1 aliphatic heterocycles. The van der Waals surface area contributed by atoms with Gasteiger partial charge in [-0.1, -0.05) is 70.7 Å². The number of hydrogen-bond donors (Lipinski definition) is 1. The van der Waals surface area contributed by atoms with Crippen LogP contribution < -0.4 is 0 Å². The molecule has 0 amide bonds. The molecular formula is C28H44O5. The van der Waals surface area contributed by atoms with Crippen LogP contribution in [0.1, 0.15) is 53.4 Å². The molecule has 0 bridgehead atoms. The van der Waals surface area contributed by atoms with E-state index in [9.17, 15) is 5.11 Å². The van der Waals surface area contributed by atoms with Gasteiger partial charge in [0, 0.05) is 31.4 Å². The minimum Gasteiger partial charge on any atom is -0.493 e. The lowest BCUT2D eigenvalue weighted by Gasteiger charge is -2.25. The number of hydrogen-bond acceptors (Lipinski definition) is 5. The molecule has 5 heteroatoms. The van der Waals surface area contributed by atoms with Crippen LogP contribution in [0.25, 0.3) is 0 Å². The molecule has 0 aromatic carbocycles. The molecule has 1 heterocycles. The van der Waals surface area contributed by atoms with Gasteiger partial charge in [0.2, 0.25) is 6.29 Å². The third-order valence-corrected chi connectivity index (χ3v) is 5.89. The fourth-order valence-corrected chi connectivity index (χ4v) is 3.73. The van der Waals surface area contributed by atoms with Crippen LogP contribution in [0.2, 0.25) is 0 Å². The summed E-state index contributed by atoms with van der Waals surface area (Å²) in [6.07, 6.45) is 13.9. The summed E-state index contributed by atoms with van der Waals surface area (Å²) in [5.74, 6) is 2.06. The third kappa shape index (κ3) is 10.1. The molecule has 5 nitrogen and oxygen atoms in total. The molecule has 1 rings (SSSR count). The van der Waals surface area contributed by atoms with E-state index in [0.29, 0.717) is 36.2 Å². The molecule has 0 saturated carbocycles. The number of ether oxygens (including phenoxy) is 4. The Balaban J connectivity index is 3.18. The van der Waals surface area contributed by atoms with Crippen molar-refractivity contribution in [3.63, 3.8) is 0 Å². The molecule has 0 fully saturated rings. The second-order valence-corrected chi connectivity index (χ2v) is 8.75. The van der Waals surface area contributed by atoms with Gasteiger partial charge in [0.05, 0.1) is 19.8 Å². The largest absolute Gasteiger partial charge is 0.493 e. The van der Waals surface area contributed by atoms with E-state index < -0.39 is 6.29 Å². The van der Waals surface area contributed by atoms with Crippen molar-refractivity contribution in [2.45, 2.75) is 65.8 Å². The fraction of sp³-hybridized carbons (Fsp3) is 0.571. The number of allylic oxidation sites excluding steroid dienone is 6. The van der Waals surface area contributed by atoms with Gasteiger partial charge in [-0.25, -0.2) is 0 Å². The van der Waals surface area contributed by atoms with Crippen LogP contribution in [-0.4, -0.2) is 38.3 Å². The first-order chi connectivity index (χ1) is 15.8. The Morgan fingerprint density at radius 1 is 1.27 bits per heavy atom. The topological polar surface area (TPSA) is 57.2 Å². The summed E-state index contributed by atoms with van der Waals surface area (Å²) in [4.78, 5) is 0. The molecule has 5 atom stereocenters. The summed E-state index contributed by atoms with van der Waals surface area (Å²) in [6, 6.07) is 0. The summed E-state index contributed by atoms with van der Waals surface area (Å²) < 4.78 is 23.2. The Bertz CT molecular complexity index is 731. The van der Waals surface area contributed by atoms with E-state index in [4.69, 9.17) is 18.9 Å². The molecule has 2 unspecified atom stereocenters. The molecule has 1 N–H and O–H groups in total. The monoisotopic (exact) mass is 460 g/mol. The van der Waals surface area contributed by atoms with Crippen molar-refractivity contribution in [2.24, 2.45) is 17.8 Å². The van der Waals surface area contributed by atoms with E-state index in [2.05, 4.69) is 40.0 Å². The molecule has 186 valence electrons. The van der Waals surface area contributed by atoms with Gasteiger partial charge in [0.25, 0.3) is 0 Å². The van der Waals surface area contributed by atoms with Gasteiger partial charge in [-0.2, -0.15) is 0 Å². The van der Waals surface area contributed by atoms with Crippen molar-refractivity contribution >= 4 is 0 Å². The van der Waals surface area contributed by atoms with Crippen molar-refractivity contribution < 1.29 is 24.1 Å². The first-order valence-electron chi connectivity index (χ1n) is 11.9. The normalized spacial score (nSPS) is 27.5. The standard InChI is InChI=1S/C28H44O5/c1-9-12-13-26(31-8)22(6)19-32-27(25(11-3)30-7)18-24-16-20(4)14-15-23(10-2)17-21(5)28(29)33-24/h9,11-13,17-18,20-22,26,28-29H,1,3,10,14-16,19H2,2,4-8H3/b13-12-,23-17-,24-18+,27-25-/t20-,21?,22?,26-,28+/m1/s1. The first-order valence-corrected chi connectivity index (χ1v) is 11.9. The lowest BCUT2D eigenvalue weighted by atomic mass is 9.93. The maximum atomic E-state index is 10.7. The highest BCUT2D eigenvalue weighted by Gasteiger charge is 2.21. The highest BCUT2D eigenvalue weighted by Crippen LogP contribution is 2.28. The minimum atomic E-state index is -0.931. The van der Waals surface area contributed by atoms with E-state index in [0.717, 1.165) is 19.3 Å². The Labute approximate surface area is 201 Å². The van der Waals surface area contributed by atoms with E-state index >= 15 is 0 Å². The van der Waals surface area contributed by atoms with Gasteiger partial charge in [0.15, 0.2) is 11.5 Å². The number of methoxy groups -OCH3 is 2. The molecule has 0 aromatic rings. The lowest BCUT2D eigenvalue weighted by molar-refractivity contribution is -0.0924. The zero-order valence-corrected chi connectivity index (χ0v) is 21.4. The Morgan fingerprint density at radius 3 is 2.58 bits per heavy atom. The Morgan fingerprint density at radius 2 is 2.00 bits per heavy atom. The Hall–Kier alpha value is -2.24. The van der Waals surface area contributed by atoms with E-state index in [-0.39, 0.29) is 17.9 Å². The molecule has 0 aromatic heterocycles. The molecule has 1 aliphatic rings. The predicted octanol–water partition coefficient (Wildman–Crippen LogP) is 6.45. The second-order valence-electron chi connectivity index (χ2n) is 8.75. The number of aliphatic hydroxyl groups excluding tert-OH is 1. The van der Waals surface area contributed by atoms with Gasteiger partial charge >= 0.3 is 0 Å².